The van der Waals surface area contributed by atoms with Crippen LogP contribution in [-0.2, 0) is 11.3 Å². The van der Waals surface area contributed by atoms with Gasteiger partial charge in [-0.05, 0) is 37.5 Å². The maximum absolute atomic E-state index is 12.9. The van der Waals surface area contributed by atoms with E-state index in [1.54, 1.807) is 0 Å². The van der Waals surface area contributed by atoms with Gasteiger partial charge in [0.25, 0.3) is 5.91 Å². The van der Waals surface area contributed by atoms with E-state index in [-0.39, 0.29) is 12.0 Å². The van der Waals surface area contributed by atoms with E-state index in [0.29, 0.717) is 25.4 Å². The topological polar surface area (TPSA) is 58.2 Å². The molecule has 0 saturated carbocycles. The average Bonchev–Trinajstić information content (AvgIpc) is 3.10. The highest BCUT2D eigenvalue weighted by molar-refractivity contribution is 6.04. The van der Waals surface area contributed by atoms with Crippen LogP contribution in [0, 0.1) is 6.92 Å². The molecule has 3 aromatic rings. The van der Waals surface area contributed by atoms with Crippen molar-refractivity contribution in [1.29, 1.82) is 0 Å². The molecule has 0 bridgehead atoms. The molecule has 1 N–H and O–H groups in total. The molecule has 2 heterocycles. The molecule has 4 rings (SSSR count). The number of hydrogen-bond donors (Lipinski definition) is 1. The van der Waals surface area contributed by atoms with Gasteiger partial charge in [-0.25, -0.2) is 0 Å². The number of carbonyl (C=O) groups is 1. The summed E-state index contributed by atoms with van der Waals surface area (Å²) in [6, 6.07) is 16.2. The molecule has 1 amide bonds. The molecule has 1 saturated heterocycles. The first kappa shape index (κ1) is 16.8. The molecule has 2 aromatic carbocycles. The van der Waals surface area contributed by atoms with Crippen molar-refractivity contribution in [2.24, 2.45) is 0 Å². The van der Waals surface area contributed by atoms with Gasteiger partial charge in [-0.2, -0.15) is 5.10 Å². The van der Waals surface area contributed by atoms with Gasteiger partial charge < -0.3 is 9.64 Å². The second kappa shape index (κ2) is 7.30. The number of rotatable bonds is 4. The predicted octanol–water partition coefficient (Wildman–Crippen LogP) is 3.69. The molecular weight excluding hydrogens is 326 g/mol. The number of carbonyl (C=O) groups excluding carboxylic acids is 1. The number of amides is 1. The van der Waals surface area contributed by atoms with Gasteiger partial charge in [-0.15, -0.1) is 0 Å². The van der Waals surface area contributed by atoms with Crippen molar-refractivity contribution < 1.29 is 9.53 Å². The number of H-pyrrole nitrogens is 1. The molecule has 0 spiro atoms. The Morgan fingerprint density at radius 1 is 1.19 bits per heavy atom. The molecule has 1 aliphatic heterocycles. The third-order valence-electron chi connectivity index (χ3n) is 4.98. The van der Waals surface area contributed by atoms with E-state index in [1.807, 2.05) is 48.2 Å². The minimum Gasteiger partial charge on any atom is -0.373 e. The maximum atomic E-state index is 12.9. The summed E-state index contributed by atoms with van der Waals surface area (Å²) in [5, 5.41) is 8.12. The van der Waals surface area contributed by atoms with Crippen LogP contribution in [0.15, 0.2) is 48.5 Å². The number of hydrogen-bond acceptors (Lipinski definition) is 3. The normalized spacial score (nSPS) is 15.5. The van der Waals surface area contributed by atoms with Crippen molar-refractivity contribution in [3.8, 4) is 0 Å². The molecule has 0 radical (unpaired) electrons. The summed E-state index contributed by atoms with van der Waals surface area (Å²) >= 11 is 0. The summed E-state index contributed by atoms with van der Waals surface area (Å²) < 4.78 is 6.01. The lowest BCUT2D eigenvalue weighted by atomic mass is 10.1. The zero-order valence-electron chi connectivity index (χ0n) is 14.9. The second-order valence-corrected chi connectivity index (χ2v) is 6.91. The summed E-state index contributed by atoms with van der Waals surface area (Å²) in [6.07, 6.45) is 1.93. The smallest absolute Gasteiger partial charge is 0.274 e. The van der Waals surface area contributed by atoms with Crippen LogP contribution >= 0.6 is 0 Å². The first-order valence-electron chi connectivity index (χ1n) is 9.10. The van der Waals surface area contributed by atoms with Gasteiger partial charge in [-0.1, -0.05) is 42.0 Å². The molecule has 1 fully saturated rings. The van der Waals surface area contributed by atoms with E-state index in [1.165, 1.54) is 5.56 Å². The van der Waals surface area contributed by atoms with Crippen LogP contribution in [0.3, 0.4) is 0 Å². The lowest BCUT2D eigenvalue weighted by Gasteiger charge is -2.31. The minimum atomic E-state index is 0.00311. The van der Waals surface area contributed by atoms with E-state index < -0.39 is 0 Å². The summed E-state index contributed by atoms with van der Waals surface area (Å²) in [5.41, 5.74) is 3.73. The Labute approximate surface area is 153 Å². The Morgan fingerprint density at radius 2 is 1.96 bits per heavy atom. The van der Waals surface area contributed by atoms with Crippen molar-refractivity contribution in [3.05, 3.63) is 65.4 Å². The quantitative estimate of drug-likeness (QED) is 0.781. The zero-order chi connectivity index (χ0) is 17.9. The van der Waals surface area contributed by atoms with E-state index >= 15 is 0 Å². The van der Waals surface area contributed by atoms with Gasteiger partial charge in [-0.3, -0.25) is 9.89 Å². The molecule has 26 heavy (non-hydrogen) atoms. The first-order valence-corrected chi connectivity index (χ1v) is 9.10. The maximum Gasteiger partial charge on any atom is 0.274 e. The second-order valence-electron chi connectivity index (χ2n) is 6.91. The van der Waals surface area contributed by atoms with E-state index in [9.17, 15) is 4.79 Å². The summed E-state index contributed by atoms with van der Waals surface area (Å²) in [6.45, 7) is 4.07. The van der Waals surface area contributed by atoms with Gasteiger partial charge in [0.15, 0.2) is 5.69 Å². The van der Waals surface area contributed by atoms with Gasteiger partial charge in [0.05, 0.1) is 18.2 Å². The standard InChI is InChI=1S/C21H23N3O2/c1-15-7-8-19-18(13-15)20(23-22-19)21(25)24-11-9-17(10-12-24)26-14-16-5-3-2-4-6-16/h2-8,13,17H,9-12,14H2,1H3,(H,22,23). The number of fused-ring (bicyclic) bond motifs is 1. The SMILES string of the molecule is Cc1ccc2[nH]nc(C(=O)N3CCC(OCc4ccccc4)CC3)c2c1. The molecule has 0 aliphatic carbocycles. The number of nitrogens with zero attached hydrogens (tertiary/aromatic N) is 2. The fourth-order valence-corrected chi connectivity index (χ4v) is 3.45. The Balaban J connectivity index is 1.36. The molecule has 134 valence electrons. The summed E-state index contributed by atoms with van der Waals surface area (Å²) in [7, 11) is 0. The lowest BCUT2D eigenvalue weighted by Crippen LogP contribution is -2.41. The minimum absolute atomic E-state index is 0.00311. The van der Waals surface area contributed by atoms with E-state index in [0.717, 1.165) is 29.3 Å². The number of nitrogens with one attached hydrogen (secondary N) is 1. The van der Waals surface area contributed by atoms with Crippen molar-refractivity contribution in [1.82, 2.24) is 15.1 Å². The number of aryl methyl sites for hydroxylation is 1. The molecule has 5 nitrogen and oxygen atoms in total. The highest BCUT2D eigenvalue weighted by atomic mass is 16.5. The largest absolute Gasteiger partial charge is 0.373 e. The Kier molecular flexibility index (Phi) is 4.71. The summed E-state index contributed by atoms with van der Waals surface area (Å²) in [4.78, 5) is 14.8. The molecule has 1 aromatic heterocycles. The zero-order valence-corrected chi connectivity index (χ0v) is 14.9. The molecule has 0 atom stereocenters. The monoisotopic (exact) mass is 349 g/mol. The molecule has 5 heteroatoms. The third-order valence-corrected chi connectivity index (χ3v) is 4.98. The van der Waals surface area contributed by atoms with Crippen LogP contribution in [0.25, 0.3) is 10.9 Å². The molecule has 1 aliphatic rings. The van der Waals surface area contributed by atoms with E-state index in [2.05, 4.69) is 22.3 Å². The Hall–Kier alpha value is -2.66. The number of benzene rings is 2. The highest BCUT2D eigenvalue weighted by Gasteiger charge is 2.26. The number of aromatic nitrogens is 2. The predicted molar refractivity (Wildman–Crippen MR) is 101 cm³/mol. The highest BCUT2D eigenvalue weighted by Crippen LogP contribution is 2.22. The first-order chi connectivity index (χ1) is 12.7. The van der Waals surface area contributed by atoms with E-state index in [4.69, 9.17) is 4.74 Å². The fraction of sp³-hybridized carbons (Fsp3) is 0.333. The lowest BCUT2D eigenvalue weighted by molar-refractivity contribution is -0.000464. The number of aromatic amines is 1. The van der Waals surface area contributed by atoms with Gasteiger partial charge >= 0.3 is 0 Å². The van der Waals surface area contributed by atoms with Crippen LogP contribution in [0.5, 0.6) is 0 Å². The molecule has 0 unspecified atom stereocenters. The summed E-state index contributed by atoms with van der Waals surface area (Å²) in [5.74, 6) is 0.00311. The Bertz CT molecular complexity index is 896. The fourth-order valence-electron chi connectivity index (χ4n) is 3.45. The van der Waals surface area contributed by atoms with Crippen molar-refractivity contribution in [2.45, 2.75) is 32.5 Å². The number of likely N-dealkylation sites (tertiary alicyclic amines) is 1. The molecular formula is C21H23N3O2. The van der Waals surface area contributed by atoms with Crippen LogP contribution in [0.1, 0.15) is 34.5 Å². The van der Waals surface area contributed by atoms with Gasteiger partial charge in [0.1, 0.15) is 0 Å². The number of ether oxygens (including phenoxy) is 1. The third kappa shape index (κ3) is 3.48. The van der Waals surface area contributed by atoms with Crippen molar-refractivity contribution in [2.75, 3.05) is 13.1 Å². The Morgan fingerprint density at radius 3 is 2.73 bits per heavy atom. The van der Waals surface area contributed by atoms with Crippen LogP contribution in [0.2, 0.25) is 0 Å². The van der Waals surface area contributed by atoms with Crippen LogP contribution in [0.4, 0.5) is 0 Å². The van der Waals surface area contributed by atoms with Gasteiger partial charge in [0, 0.05) is 18.5 Å². The van der Waals surface area contributed by atoms with Crippen molar-refractivity contribution >= 4 is 16.8 Å². The van der Waals surface area contributed by atoms with Crippen LogP contribution < -0.4 is 0 Å². The average molecular weight is 349 g/mol. The van der Waals surface area contributed by atoms with Crippen LogP contribution in [-0.4, -0.2) is 40.2 Å². The number of piperidine rings is 1. The van der Waals surface area contributed by atoms with Gasteiger partial charge in [0.2, 0.25) is 0 Å². The van der Waals surface area contributed by atoms with Crippen molar-refractivity contribution in [3.63, 3.8) is 0 Å².